The number of methoxy groups -OCH3 is 1. The van der Waals surface area contributed by atoms with Crippen molar-refractivity contribution in [3.8, 4) is 5.75 Å². The van der Waals surface area contributed by atoms with Crippen LogP contribution in [0.25, 0.3) is 0 Å². The fraction of sp³-hybridized carbons (Fsp3) is 0.250. The molecule has 0 spiro atoms. The molecule has 0 aromatic heterocycles. The topological polar surface area (TPSA) is 98.5 Å². The number of nitrogens with one attached hydrogen (secondary N) is 1. The van der Waals surface area contributed by atoms with E-state index in [0.717, 1.165) is 5.56 Å². The normalized spacial score (nSPS) is 11.1. The van der Waals surface area contributed by atoms with Gasteiger partial charge in [0.2, 0.25) is 0 Å². The second-order valence-electron chi connectivity index (χ2n) is 5.19. The summed E-state index contributed by atoms with van der Waals surface area (Å²) >= 11 is 0. The fourth-order valence-electron chi connectivity index (χ4n) is 2.24. The summed E-state index contributed by atoms with van der Waals surface area (Å²) in [6.45, 7) is 3.57. The van der Waals surface area contributed by atoms with Crippen LogP contribution in [0.3, 0.4) is 0 Å². The minimum Gasteiger partial charge on any atom is -0.496 e. The summed E-state index contributed by atoms with van der Waals surface area (Å²) < 4.78 is 32.8. The average Bonchev–Trinajstić information content (AvgIpc) is 2.55. The van der Waals surface area contributed by atoms with Crippen LogP contribution in [-0.4, -0.2) is 20.5 Å². The Hall–Kier alpha value is -2.61. The Morgan fingerprint density at radius 2 is 1.92 bits per heavy atom. The Morgan fingerprint density at radius 1 is 1.21 bits per heavy atom. The van der Waals surface area contributed by atoms with E-state index in [2.05, 4.69) is 4.72 Å². The fourth-order valence-corrected chi connectivity index (χ4v) is 3.41. The number of sulfonamides is 1. The molecule has 0 unspecified atom stereocenters. The van der Waals surface area contributed by atoms with Crippen LogP contribution in [0.5, 0.6) is 5.75 Å². The third-order valence-electron chi connectivity index (χ3n) is 3.62. The molecule has 0 aliphatic heterocycles. The van der Waals surface area contributed by atoms with Gasteiger partial charge in [0.15, 0.2) is 0 Å². The predicted molar refractivity (Wildman–Crippen MR) is 91.0 cm³/mol. The molecule has 7 nitrogen and oxygen atoms in total. The van der Waals surface area contributed by atoms with Gasteiger partial charge in [0, 0.05) is 12.1 Å². The third kappa shape index (κ3) is 3.65. The third-order valence-corrected chi connectivity index (χ3v) is 4.98. The molecule has 2 aromatic rings. The number of anilines is 1. The lowest BCUT2D eigenvalue weighted by Gasteiger charge is -2.13. The minimum absolute atomic E-state index is 0.0751. The number of nitro groups is 1. The maximum absolute atomic E-state index is 12.6. The van der Waals surface area contributed by atoms with Gasteiger partial charge in [-0.3, -0.25) is 14.8 Å². The van der Waals surface area contributed by atoms with E-state index in [1.165, 1.54) is 37.4 Å². The Morgan fingerprint density at radius 3 is 2.50 bits per heavy atom. The summed E-state index contributed by atoms with van der Waals surface area (Å²) in [5, 5.41) is 10.9. The van der Waals surface area contributed by atoms with Crippen LogP contribution in [0.1, 0.15) is 18.1 Å². The molecule has 24 heavy (non-hydrogen) atoms. The smallest absolute Gasteiger partial charge is 0.271 e. The van der Waals surface area contributed by atoms with E-state index in [0.29, 0.717) is 17.7 Å². The second kappa shape index (κ2) is 6.88. The van der Waals surface area contributed by atoms with Crippen molar-refractivity contribution < 1.29 is 18.1 Å². The van der Waals surface area contributed by atoms with Gasteiger partial charge >= 0.3 is 0 Å². The summed E-state index contributed by atoms with van der Waals surface area (Å²) in [6, 6.07) is 8.60. The molecule has 0 amide bonds. The first-order valence-electron chi connectivity index (χ1n) is 7.23. The van der Waals surface area contributed by atoms with E-state index in [4.69, 9.17) is 4.74 Å². The van der Waals surface area contributed by atoms with Crippen molar-refractivity contribution in [2.75, 3.05) is 11.8 Å². The molecule has 0 aliphatic carbocycles. The summed E-state index contributed by atoms with van der Waals surface area (Å²) in [7, 11) is -2.34. The molecule has 1 N–H and O–H groups in total. The lowest BCUT2D eigenvalue weighted by molar-refractivity contribution is -0.384. The van der Waals surface area contributed by atoms with Gasteiger partial charge < -0.3 is 4.74 Å². The highest BCUT2D eigenvalue weighted by Crippen LogP contribution is 2.27. The molecular weight excluding hydrogens is 332 g/mol. The number of nitrogens with zero attached hydrogens (tertiary/aromatic N) is 1. The van der Waals surface area contributed by atoms with E-state index < -0.39 is 14.9 Å². The lowest BCUT2D eigenvalue weighted by atomic mass is 10.1. The molecule has 0 saturated carbocycles. The molecule has 8 heteroatoms. The summed E-state index contributed by atoms with van der Waals surface area (Å²) in [5.41, 5.74) is 1.35. The molecule has 2 rings (SSSR count). The Labute approximate surface area is 140 Å². The predicted octanol–water partition coefficient (Wildman–Crippen LogP) is 3.28. The monoisotopic (exact) mass is 350 g/mol. The van der Waals surface area contributed by atoms with Gasteiger partial charge in [0.1, 0.15) is 5.75 Å². The van der Waals surface area contributed by atoms with E-state index >= 15 is 0 Å². The van der Waals surface area contributed by atoms with E-state index in [9.17, 15) is 18.5 Å². The first-order chi connectivity index (χ1) is 11.3. The summed E-state index contributed by atoms with van der Waals surface area (Å²) in [5.74, 6) is 0.614. The largest absolute Gasteiger partial charge is 0.496 e. The van der Waals surface area contributed by atoms with Crippen LogP contribution in [-0.2, 0) is 16.4 Å². The van der Waals surface area contributed by atoms with Gasteiger partial charge in [0.25, 0.3) is 15.7 Å². The van der Waals surface area contributed by atoms with Crippen LogP contribution in [0.2, 0.25) is 0 Å². The van der Waals surface area contributed by atoms with Crippen LogP contribution in [0.15, 0.2) is 41.3 Å². The van der Waals surface area contributed by atoms with Gasteiger partial charge in [-0.25, -0.2) is 8.42 Å². The number of non-ortho nitro benzene ring substituents is 1. The standard InChI is InChI=1S/C16H18N2O5S/c1-4-12-9-14(7-8-16(12)23-3)24(21,22)17-15-10-13(18(19)20)6-5-11(15)2/h5-10,17H,4H2,1-3H3. The van der Waals surface area contributed by atoms with Crippen molar-refractivity contribution in [3.05, 3.63) is 57.6 Å². The maximum Gasteiger partial charge on any atom is 0.271 e. The number of rotatable bonds is 6. The molecule has 0 bridgehead atoms. The molecular formula is C16H18N2O5S. The molecule has 0 aliphatic rings. The summed E-state index contributed by atoms with van der Waals surface area (Å²) in [4.78, 5) is 10.4. The van der Waals surface area contributed by atoms with Gasteiger partial charge in [-0.1, -0.05) is 13.0 Å². The van der Waals surface area contributed by atoms with Crippen molar-refractivity contribution in [3.63, 3.8) is 0 Å². The highest BCUT2D eigenvalue weighted by molar-refractivity contribution is 7.92. The van der Waals surface area contributed by atoms with Crippen LogP contribution in [0.4, 0.5) is 11.4 Å². The number of hydrogen-bond acceptors (Lipinski definition) is 5. The van der Waals surface area contributed by atoms with Crippen molar-refractivity contribution >= 4 is 21.4 Å². The van der Waals surface area contributed by atoms with Crippen molar-refractivity contribution in [1.82, 2.24) is 0 Å². The zero-order valence-electron chi connectivity index (χ0n) is 13.6. The van der Waals surface area contributed by atoms with Gasteiger partial charge in [0.05, 0.1) is 22.6 Å². The second-order valence-corrected chi connectivity index (χ2v) is 6.87. The Bertz CT molecular complexity index is 878. The number of nitro benzene ring substituents is 1. The summed E-state index contributed by atoms with van der Waals surface area (Å²) in [6.07, 6.45) is 0.613. The van der Waals surface area contributed by atoms with E-state index in [1.807, 2.05) is 6.92 Å². The highest BCUT2D eigenvalue weighted by Gasteiger charge is 2.19. The molecule has 0 radical (unpaired) electrons. The Balaban J connectivity index is 2.42. The zero-order chi connectivity index (χ0) is 17.9. The van der Waals surface area contributed by atoms with Gasteiger partial charge in [-0.05, 0) is 42.7 Å². The number of ether oxygens (including phenoxy) is 1. The number of aryl methyl sites for hydroxylation is 2. The number of hydrogen-bond donors (Lipinski definition) is 1. The van der Waals surface area contributed by atoms with Crippen molar-refractivity contribution in [2.45, 2.75) is 25.2 Å². The van der Waals surface area contributed by atoms with Crippen LogP contribution < -0.4 is 9.46 Å². The van der Waals surface area contributed by atoms with Crippen molar-refractivity contribution in [1.29, 1.82) is 0 Å². The quantitative estimate of drug-likeness (QED) is 0.637. The van der Waals surface area contributed by atoms with E-state index in [1.54, 1.807) is 13.0 Å². The van der Waals surface area contributed by atoms with Crippen LogP contribution in [0, 0.1) is 17.0 Å². The van der Waals surface area contributed by atoms with Crippen LogP contribution >= 0.6 is 0 Å². The molecule has 0 heterocycles. The Kier molecular flexibility index (Phi) is 5.08. The molecule has 0 atom stereocenters. The highest BCUT2D eigenvalue weighted by atomic mass is 32.2. The average molecular weight is 350 g/mol. The lowest BCUT2D eigenvalue weighted by Crippen LogP contribution is -2.14. The molecule has 0 fully saturated rings. The first-order valence-corrected chi connectivity index (χ1v) is 8.71. The van der Waals surface area contributed by atoms with Crippen molar-refractivity contribution in [2.24, 2.45) is 0 Å². The number of benzene rings is 2. The molecule has 2 aromatic carbocycles. The maximum atomic E-state index is 12.6. The minimum atomic E-state index is -3.86. The van der Waals surface area contributed by atoms with Gasteiger partial charge in [-0.15, -0.1) is 0 Å². The zero-order valence-corrected chi connectivity index (χ0v) is 14.4. The first kappa shape index (κ1) is 17.7. The molecule has 0 saturated heterocycles. The van der Waals surface area contributed by atoms with Gasteiger partial charge in [-0.2, -0.15) is 0 Å². The SMILES string of the molecule is CCc1cc(S(=O)(=O)Nc2cc([N+](=O)[O-])ccc2C)ccc1OC. The molecule has 128 valence electrons. The van der Waals surface area contributed by atoms with E-state index in [-0.39, 0.29) is 16.3 Å².